The van der Waals surface area contributed by atoms with Gasteiger partial charge in [-0.25, -0.2) is 0 Å². The number of hydrogen-bond acceptors (Lipinski definition) is 7. The lowest BCUT2D eigenvalue weighted by Crippen LogP contribution is -2.31. The van der Waals surface area contributed by atoms with E-state index in [0.717, 1.165) is 6.42 Å². The summed E-state index contributed by atoms with van der Waals surface area (Å²) in [7, 11) is 0. The Labute approximate surface area is 155 Å². The molecule has 0 aromatic carbocycles. The molecule has 0 aliphatic rings. The van der Waals surface area contributed by atoms with E-state index in [9.17, 15) is 14.4 Å². The van der Waals surface area contributed by atoms with Gasteiger partial charge in [0.1, 0.15) is 13.2 Å². The first kappa shape index (κ1) is 24.5. The topological polar surface area (TPSA) is 112 Å². The maximum absolute atomic E-state index is 11.5. The Morgan fingerprint density at radius 3 is 1.73 bits per heavy atom. The minimum atomic E-state index is -0.228. The molecule has 0 spiro atoms. The van der Waals surface area contributed by atoms with Crippen molar-refractivity contribution in [3.63, 3.8) is 0 Å². The number of ketones is 1. The van der Waals surface area contributed by atoms with E-state index in [-0.39, 0.29) is 30.8 Å². The lowest BCUT2D eigenvalue weighted by atomic mass is 10.3. The van der Waals surface area contributed by atoms with Gasteiger partial charge in [0.2, 0.25) is 11.8 Å². The number of Topliss-reactive ketones (excluding diaryl/α,β-unsaturated/α-hetero) is 1. The smallest absolute Gasteiger partial charge is 0.246 e. The summed E-state index contributed by atoms with van der Waals surface area (Å²) in [5.41, 5.74) is 0. The van der Waals surface area contributed by atoms with E-state index in [1.807, 2.05) is 6.92 Å². The van der Waals surface area contributed by atoms with Crippen LogP contribution in [0.15, 0.2) is 0 Å². The van der Waals surface area contributed by atoms with Gasteiger partial charge >= 0.3 is 0 Å². The van der Waals surface area contributed by atoms with Gasteiger partial charge in [0.15, 0.2) is 5.78 Å². The van der Waals surface area contributed by atoms with Gasteiger partial charge in [0, 0.05) is 19.5 Å². The van der Waals surface area contributed by atoms with E-state index >= 15 is 0 Å². The number of carbonyl (C=O) groups is 3. The maximum Gasteiger partial charge on any atom is 0.246 e. The fraction of sp³-hybridized carbons (Fsp3) is 0.824. The molecule has 9 heteroatoms. The van der Waals surface area contributed by atoms with Gasteiger partial charge in [-0.05, 0) is 13.3 Å². The molecule has 0 unspecified atom stereocenters. The van der Waals surface area contributed by atoms with Crippen molar-refractivity contribution in [3.8, 4) is 0 Å². The molecule has 2 N–H and O–H groups in total. The number of rotatable bonds is 18. The van der Waals surface area contributed by atoms with Crippen LogP contribution in [-0.4, -0.2) is 83.5 Å². The third kappa shape index (κ3) is 18.8. The van der Waals surface area contributed by atoms with E-state index in [2.05, 4.69) is 10.6 Å². The lowest BCUT2D eigenvalue weighted by Gasteiger charge is -2.08. The molecule has 0 radical (unpaired) electrons. The minimum absolute atomic E-state index is 0.0246. The Hall–Kier alpha value is -1.55. The van der Waals surface area contributed by atoms with Crippen LogP contribution in [-0.2, 0) is 33.3 Å². The number of hydrogen-bond donors (Lipinski definition) is 2. The Morgan fingerprint density at radius 1 is 0.692 bits per heavy atom. The minimum Gasteiger partial charge on any atom is -0.377 e. The summed E-state index contributed by atoms with van der Waals surface area (Å²) in [5, 5.41) is 5.39. The van der Waals surface area contributed by atoms with Crippen molar-refractivity contribution >= 4 is 17.6 Å². The van der Waals surface area contributed by atoms with E-state index < -0.39 is 0 Å². The van der Waals surface area contributed by atoms with E-state index in [1.54, 1.807) is 0 Å². The number of amides is 2. The second-order valence-electron chi connectivity index (χ2n) is 5.48. The third-order valence-corrected chi connectivity index (χ3v) is 2.90. The Kier molecular flexibility index (Phi) is 17.2. The Bertz CT molecular complexity index is 391. The van der Waals surface area contributed by atoms with Gasteiger partial charge in [0.05, 0.1) is 39.6 Å². The van der Waals surface area contributed by atoms with Crippen molar-refractivity contribution in [3.05, 3.63) is 0 Å². The van der Waals surface area contributed by atoms with Crippen LogP contribution in [0.4, 0.5) is 0 Å². The van der Waals surface area contributed by atoms with Crippen LogP contribution in [0.2, 0.25) is 0 Å². The van der Waals surface area contributed by atoms with Gasteiger partial charge < -0.3 is 29.6 Å². The molecule has 0 aromatic heterocycles. The van der Waals surface area contributed by atoms with Crippen molar-refractivity contribution in [2.75, 3.05) is 65.9 Å². The summed E-state index contributed by atoms with van der Waals surface area (Å²) in [6.07, 6.45) is 1.35. The predicted molar refractivity (Wildman–Crippen MR) is 94.9 cm³/mol. The molecule has 0 heterocycles. The third-order valence-electron chi connectivity index (χ3n) is 2.90. The quantitative estimate of drug-likeness (QED) is 0.315. The molecule has 0 saturated carbocycles. The van der Waals surface area contributed by atoms with Crippen LogP contribution < -0.4 is 10.6 Å². The fourth-order valence-electron chi connectivity index (χ4n) is 1.71. The van der Waals surface area contributed by atoms with E-state index in [4.69, 9.17) is 18.9 Å². The summed E-state index contributed by atoms with van der Waals surface area (Å²) in [5.74, 6) is -0.230. The van der Waals surface area contributed by atoms with Crippen LogP contribution in [0, 0.1) is 0 Å². The van der Waals surface area contributed by atoms with Crippen molar-refractivity contribution in [2.24, 2.45) is 0 Å². The van der Waals surface area contributed by atoms with E-state index in [1.165, 1.54) is 6.92 Å². The monoisotopic (exact) mass is 376 g/mol. The molecule has 26 heavy (non-hydrogen) atoms. The molecule has 0 aliphatic heterocycles. The molecule has 9 nitrogen and oxygen atoms in total. The second-order valence-corrected chi connectivity index (χ2v) is 5.48. The standard InChI is InChI=1S/C17H32N2O7/c1-3-4-16(21)18-5-7-23-10-12-26-14-17(22)19-6-8-24-9-11-25-13-15(2)20/h3-14H2,1-2H3,(H,18,21)(H,19,22). The van der Waals surface area contributed by atoms with Gasteiger partial charge in [-0.2, -0.15) is 0 Å². The molecule has 0 fully saturated rings. The van der Waals surface area contributed by atoms with Crippen LogP contribution in [0.5, 0.6) is 0 Å². The molecule has 0 atom stereocenters. The molecular weight excluding hydrogens is 344 g/mol. The van der Waals surface area contributed by atoms with Crippen LogP contribution in [0.3, 0.4) is 0 Å². The highest BCUT2D eigenvalue weighted by Gasteiger charge is 2.01. The summed E-state index contributed by atoms with van der Waals surface area (Å²) >= 11 is 0. The van der Waals surface area contributed by atoms with Gasteiger partial charge in [-0.15, -0.1) is 0 Å². The SMILES string of the molecule is CCCC(=O)NCCOCCOCC(=O)NCCOCCOCC(C)=O. The highest BCUT2D eigenvalue weighted by Crippen LogP contribution is 1.85. The zero-order valence-electron chi connectivity index (χ0n) is 15.8. The van der Waals surface area contributed by atoms with Crippen LogP contribution in [0.25, 0.3) is 0 Å². The van der Waals surface area contributed by atoms with Crippen molar-refractivity contribution < 1.29 is 33.3 Å². The average molecular weight is 376 g/mol. The molecule has 0 bridgehead atoms. The largest absolute Gasteiger partial charge is 0.377 e. The highest BCUT2D eigenvalue weighted by molar-refractivity contribution is 5.77. The molecule has 2 amide bonds. The Morgan fingerprint density at radius 2 is 1.19 bits per heavy atom. The average Bonchev–Trinajstić information content (AvgIpc) is 2.59. The molecule has 0 aromatic rings. The summed E-state index contributed by atoms with van der Waals surface area (Å²) in [6, 6.07) is 0. The molecule has 152 valence electrons. The fourth-order valence-corrected chi connectivity index (χ4v) is 1.71. The van der Waals surface area contributed by atoms with Crippen molar-refractivity contribution in [1.29, 1.82) is 0 Å². The molecule has 0 saturated heterocycles. The first-order chi connectivity index (χ1) is 12.6. The Balaban J connectivity index is 3.24. The van der Waals surface area contributed by atoms with Crippen molar-refractivity contribution in [2.45, 2.75) is 26.7 Å². The first-order valence-electron chi connectivity index (χ1n) is 8.90. The number of ether oxygens (including phenoxy) is 4. The number of nitrogens with one attached hydrogen (secondary N) is 2. The lowest BCUT2D eigenvalue weighted by molar-refractivity contribution is -0.127. The number of carbonyl (C=O) groups excluding carboxylic acids is 3. The summed E-state index contributed by atoms with van der Waals surface area (Å²) < 4.78 is 20.7. The zero-order valence-corrected chi connectivity index (χ0v) is 15.8. The summed E-state index contributed by atoms with van der Waals surface area (Å²) in [4.78, 5) is 33.3. The van der Waals surface area contributed by atoms with Gasteiger partial charge in [0.25, 0.3) is 0 Å². The van der Waals surface area contributed by atoms with Crippen molar-refractivity contribution in [1.82, 2.24) is 10.6 Å². The van der Waals surface area contributed by atoms with E-state index in [0.29, 0.717) is 59.2 Å². The molecule has 0 aliphatic carbocycles. The first-order valence-corrected chi connectivity index (χ1v) is 8.90. The second kappa shape index (κ2) is 18.2. The predicted octanol–water partition coefficient (Wildman–Crippen LogP) is -0.326. The van der Waals surface area contributed by atoms with Gasteiger partial charge in [-0.1, -0.05) is 6.92 Å². The van der Waals surface area contributed by atoms with Crippen LogP contribution in [0.1, 0.15) is 26.7 Å². The van der Waals surface area contributed by atoms with Crippen LogP contribution >= 0.6 is 0 Å². The normalized spacial score (nSPS) is 10.5. The summed E-state index contributed by atoms with van der Waals surface area (Å²) in [6.45, 7) is 6.47. The highest BCUT2D eigenvalue weighted by atomic mass is 16.5. The zero-order chi connectivity index (χ0) is 19.5. The molecular formula is C17H32N2O7. The van der Waals surface area contributed by atoms with Gasteiger partial charge in [-0.3, -0.25) is 14.4 Å². The molecule has 0 rings (SSSR count). The maximum atomic E-state index is 11.5.